The molecule has 162 valence electrons. The van der Waals surface area contributed by atoms with Gasteiger partial charge in [0.2, 0.25) is 11.8 Å². The molecule has 31 heavy (non-hydrogen) atoms. The molecular weight excluding hydrogens is 397 g/mol. The summed E-state index contributed by atoms with van der Waals surface area (Å²) in [5.74, 6) is -1.38. The number of halogens is 1. The fourth-order valence-electron chi connectivity index (χ4n) is 4.25. The third kappa shape index (κ3) is 4.45. The van der Waals surface area contributed by atoms with E-state index in [2.05, 4.69) is 0 Å². The fraction of sp³-hybridized carbons (Fsp3) is 0.375. The van der Waals surface area contributed by atoms with Crippen molar-refractivity contribution in [1.29, 1.82) is 0 Å². The smallest absolute Gasteiger partial charge is 0.256 e. The van der Waals surface area contributed by atoms with Gasteiger partial charge in [-0.1, -0.05) is 29.8 Å². The first-order valence-corrected chi connectivity index (χ1v) is 10.6. The van der Waals surface area contributed by atoms with Gasteiger partial charge in [0.05, 0.1) is 11.5 Å². The standard InChI is InChI=1S/C24H26FN3O3/c1-17-7-9-19(10-8-17)28-16-18(15-22(28)29)23(30)26-11-4-12-27(14-13-26)24(31)20-5-2-3-6-21(20)25/h2-3,5-10,18H,4,11-16H2,1H3. The molecule has 1 atom stereocenters. The van der Waals surface area contributed by atoms with Crippen LogP contribution in [0.3, 0.4) is 0 Å². The summed E-state index contributed by atoms with van der Waals surface area (Å²) in [6.45, 7) is 4.08. The molecule has 0 spiro atoms. The van der Waals surface area contributed by atoms with Crippen molar-refractivity contribution in [2.24, 2.45) is 5.92 Å². The van der Waals surface area contributed by atoms with Crippen LogP contribution in [0, 0.1) is 18.7 Å². The summed E-state index contributed by atoms with van der Waals surface area (Å²) < 4.78 is 14.0. The SMILES string of the molecule is Cc1ccc(N2CC(C(=O)N3CCCN(C(=O)c4ccccc4F)CC3)CC2=O)cc1. The Morgan fingerprint density at radius 1 is 0.935 bits per heavy atom. The van der Waals surface area contributed by atoms with Crippen LogP contribution in [0.4, 0.5) is 10.1 Å². The van der Waals surface area contributed by atoms with Crippen molar-refractivity contribution < 1.29 is 18.8 Å². The van der Waals surface area contributed by atoms with Gasteiger partial charge >= 0.3 is 0 Å². The van der Waals surface area contributed by atoms with E-state index in [9.17, 15) is 18.8 Å². The second-order valence-corrected chi connectivity index (χ2v) is 8.19. The quantitative estimate of drug-likeness (QED) is 0.763. The van der Waals surface area contributed by atoms with Gasteiger partial charge in [-0.15, -0.1) is 0 Å². The van der Waals surface area contributed by atoms with E-state index in [1.165, 1.54) is 12.1 Å². The van der Waals surface area contributed by atoms with Gasteiger partial charge < -0.3 is 14.7 Å². The minimum atomic E-state index is -0.537. The predicted octanol–water partition coefficient (Wildman–Crippen LogP) is 2.86. The fourth-order valence-corrected chi connectivity index (χ4v) is 4.25. The van der Waals surface area contributed by atoms with Crippen molar-refractivity contribution >= 4 is 23.4 Å². The summed E-state index contributed by atoms with van der Waals surface area (Å²) in [4.78, 5) is 43.4. The topological polar surface area (TPSA) is 60.9 Å². The molecule has 0 radical (unpaired) electrons. The second kappa shape index (κ2) is 8.88. The Balaban J connectivity index is 1.39. The van der Waals surface area contributed by atoms with E-state index in [0.29, 0.717) is 39.1 Å². The molecule has 2 aliphatic rings. The van der Waals surface area contributed by atoms with Gasteiger partial charge in [0, 0.05) is 44.8 Å². The summed E-state index contributed by atoms with van der Waals surface area (Å²) in [6, 6.07) is 13.7. The van der Waals surface area contributed by atoms with Crippen LogP contribution in [0.25, 0.3) is 0 Å². The van der Waals surface area contributed by atoms with E-state index in [1.807, 2.05) is 31.2 Å². The Bertz CT molecular complexity index is 992. The molecule has 0 saturated carbocycles. The Hall–Kier alpha value is -3.22. The van der Waals surface area contributed by atoms with Gasteiger partial charge in [-0.3, -0.25) is 14.4 Å². The number of carbonyl (C=O) groups is 3. The Kier molecular flexibility index (Phi) is 6.02. The van der Waals surface area contributed by atoms with Crippen LogP contribution in [0.1, 0.15) is 28.8 Å². The van der Waals surface area contributed by atoms with Crippen LogP contribution in [-0.2, 0) is 9.59 Å². The average Bonchev–Trinajstić information content (AvgIpc) is 2.99. The summed E-state index contributed by atoms with van der Waals surface area (Å²) in [5, 5.41) is 0. The number of benzene rings is 2. The van der Waals surface area contributed by atoms with E-state index in [-0.39, 0.29) is 35.6 Å². The number of carbonyl (C=O) groups excluding carboxylic acids is 3. The minimum Gasteiger partial charge on any atom is -0.341 e. The van der Waals surface area contributed by atoms with Gasteiger partial charge in [0.15, 0.2) is 0 Å². The normalized spacial score (nSPS) is 19.5. The minimum absolute atomic E-state index is 0.0478. The summed E-state index contributed by atoms with van der Waals surface area (Å²) in [6.07, 6.45) is 0.815. The molecule has 1 unspecified atom stereocenters. The highest BCUT2D eigenvalue weighted by molar-refractivity contribution is 6.00. The molecule has 2 heterocycles. The lowest BCUT2D eigenvalue weighted by atomic mass is 10.1. The highest BCUT2D eigenvalue weighted by Crippen LogP contribution is 2.27. The van der Waals surface area contributed by atoms with Crippen molar-refractivity contribution in [3.63, 3.8) is 0 Å². The Labute approximate surface area is 181 Å². The molecule has 0 aliphatic carbocycles. The Morgan fingerprint density at radius 3 is 2.35 bits per heavy atom. The number of hydrogen-bond donors (Lipinski definition) is 0. The van der Waals surface area contributed by atoms with Gasteiger partial charge in [-0.05, 0) is 37.6 Å². The third-order valence-corrected chi connectivity index (χ3v) is 6.02. The largest absolute Gasteiger partial charge is 0.341 e. The Morgan fingerprint density at radius 2 is 1.61 bits per heavy atom. The van der Waals surface area contributed by atoms with Crippen molar-refractivity contribution in [1.82, 2.24) is 9.80 Å². The molecule has 2 aliphatic heterocycles. The van der Waals surface area contributed by atoms with E-state index in [4.69, 9.17) is 0 Å². The van der Waals surface area contributed by atoms with Gasteiger partial charge in [-0.2, -0.15) is 0 Å². The average molecular weight is 423 g/mol. The van der Waals surface area contributed by atoms with Crippen molar-refractivity contribution in [2.45, 2.75) is 19.8 Å². The maximum atomic E-state index is 14.0. The number of anilines is 1. The number of aryl methyl sites for hydroxylation is 1. The molecule has 2 fully saturated rings. The summed E-state index contributed by atoms with van der Waals surface area (Å²) in [5.41, 5.74) is 1.97. The first-order chi connectivity index (χ1) is 14.9. The highest BCUT2D eigenvalue weighted by atomic mass is 19.1. The molecule has 0 aromatic heterocycles. The predicted molar refractivity (Wildman–Crippen MR) is 115 cm³/mol. The molecular formula is C24H26FN3O3. The number of amides is 3. The van der Waals surface area contributed by atoms with Crippen molar-refractivity contribution in [3.05, 3.63) is 65.5 Å². The lowest BCUT2D eigenvalue weighted by Crippen LogP contribution is -2.40. The molecule has 2 aromatic rings. The molecule has 0 N–H and O–H groups in total. The van der Waals surface area contributed by atoms with Crippen LogP contribution in [0.2, 0.25) is 0 Å². The lowest BCUT2D eigenvalue weighted by molar-refractivity contribution is -0.135. The van der Waals surface area contributed by atoms with E-state index >= 15 is 0 Å². The summed E-state index contributed by atoms with van der Waals surface area (Å²) in [7, 11) is 0. The van der Waals surface area contributed by atoms with Crippen molar-refractivity contribution in [3.8, 4) is 0 Å². The van der Waals surface area contributed by atoms with Gasteiger partial charge in [0.1, 0.15) is 5.82 Å². The van der Waals surface area contributed by atoms with Crippen LogP contribution in [0.5, 0.6) is 0 Å². The van der Waals surface area contributed by atoms with Crippen LogP contribution in [0.15, 0.2) is 48.5 Å². The highest BCUT2D eigenvalue weighted by Gasteiger charge is 2.37. The molecule has 2 saturated heterocycles. The van der Waals surface area contributed by atoms with Crippen LogP contribution < -0.4 is 4.90 Å². The number of nitrogens with zero attached hydrogens (tertiary/aromatic N) is 3. The molecule has 0 bridgehead atoms. The number of hydrogen-bond acceptors (Lipinski definition) is 3. The zero-order valence-electron chi connectivity index (χ0n) is 17.6. The number of rotatable bonds is 3. The van der Waals surface area contributed by atoms with E-state index < -0.39 is 5.82 Å². The van der Waals surface area contributed by atoms with E-state index in [1.54, 1.807) is 26.8 Å². The third-order valence-electron chi connectivity index (χ3n) is 6.02. The zero-order chi connectivity index (χ0) is 22.0. The van der Waals surface area contributed by atoms with Crippen LogP contribution in [-0.4, -0.2) is 60.2 Å². The molecule has 2 aromatic carbocycles. The zero-order valence-corrected chi connectivity index (χ0v) is 17.6. The molecule has 7 heteroatoms. The monoisotopic (exact) mass is 423 g/mol. The van der Waals surface area contributed by atoms with Gasteiger partial charge in [0.25, 0.3) is 5.91 Å². The maximum absolute atomic E-state index is 14.0. The molecule has 6 nitrogen and oxygen atoms in total. The summed E-state index contributed by atoms with van der Waals surface area (Å²) >= 11 is 0. The lowest BCUT2D eigenvalue weighted by Gasteiger charge is -2.25. The first kappa shape index (κ1) is 21.0. The maximum Gasteiger partial charge on any atom is 0.256 e. The second-order valence-electron chi connectivity index (χ2n) is 8.19. The molecule has 3 amide bonds. The first-order valence-electron chi connectivity index (χ1n) is 10.6. The van der Waals surface area contributed by atoms with Crippen LogP contribution >= 0.6 is 0 Å². The van der Waals surface area contributed by atoms with Gasteiger partial charge in [-0.25, -0.2) is 4.39 Å². The van der Waals surface area contributed by atoms with Crippen molar-refractivity contribution in [2.75, 3.05) is 37.6 Å². The molecule has 4 rings (SSSR count). The van der Waals surface area contributed by atoms with E-state index in [0.717, 1.165) is 11.3 Å².